The molecule has 1 fully saturated rings. The molecular weight excluding hydrogens is 456 g/mol. The fraction of sp³-hybridized carbons (Fsp3) is 0.500. The Labute approximate surface area is 203 Å². The van der Waals surface area contributed by atoms with Crippen LogP contribution in [0.2, 0.25) is 0 Å². The van der Waals surface area contributed by atoms with Gasteiger partial charge < -0.3 is 25.0 Å². The van der Waals surface area contributed by atoms with Crippen LogP contribution in [-0.2, 0) is 30.4 Å². The number of benzene rings is 1. The zero-order valence-corrected chi connectivity index (χ0v) is 20.8. The van der Waals surface area contributed by atoms with E-state index in [4.69, 9.17) is 9.47 Å². The summed E-state index contributed by atoms with van der Waals surface area (Å²) in [6.07, 6.45) is 0.334. The van der Waals surface area contributed by atoms with Crippen LogP contribution in [0.4, 0.5) is 0 Å². The van der Waals surface area contributed by atoms with Gasteiger partial charge in [-0.3, -0.25) is 14.4 Å². The molecule has 2 N–H and O–H groups in total. The Morgan fingerprint density at radius 1 is 1.24 bits per heavy atom. The minimum absolute atomic E-state index is 0.167. The quantitative estimate of drug-likeness (QED) is 0.529. The highest BCUT2D eigenvalue weighted by molar-refractivity contribution is 7.13. The molecule has 0 aliphatic carbocycles. The number of nitrogens with one attached hydrogen (secondary N) is 2. The number of carbonyl (C=O) groups is 3. The number of methoxy groups -OCH3 is 2. The van der Waals surface area contributed by atoms with E-state index in [9.17, 15) is 14.4 Å². The maximum atomic E-state index is 13.0. The Kier molecular flexibility index (Phi) is 9.14. The average Bonchev–Trinajstić information content (AvgIpc) is 3.47. The van der Waals surface area contributed by atoms with Gasteiger partial charge in [0.05, 0.1) is 28.8 Å². The monoisotopic (exact) mass is 488 g/mol. The van der Waals surface area contributed by atoms with Crippen molar-refractivity contribution < 1.29 is 23.9 Å². The standard InChI is InChI=1S/C24H32N4O5S/c1-15-22(34-14-26-15)18-7-5-17(6-8-18)12-25-23(30)20-11-19(33-4)13-28(20)24(31)16(2)27-21(29)9-10-32-3/h5-8,14,16,19-20H,9-13H2,1-4H3,(H,25,30)(H,27,29)/t16-,19-,20+/m1/s1. The van der Waals surface area contributed by atoms with E-state index < -0.39 is 12.1 Å². The van der Waals surface area contributed by atoms with E-state index in [1.807, 2.05) is 36.7 Å². The van der Waals surface area contributed by atoms with E-state index >= 15 is 0 Å². The fourth-order valence-corrected chi connectivity index (χ4v) is 4.75. The van der Waals surface area contributed by atoms with Crippen molar-refractivity contribution in [2.75, 3.05) is 27.4 Å². The molecule has 9 nitrogen and oxygen atoms in total. The van der Waals surface area contributed by atoms with Crippen molar-refractivity contribution >= 4 is 29.1 Å². The van der Waals surface area contributed by atoms with Gasteiger partial charge in [-0.05, 0) is 25.0 Å². The molecule has 0 spiro atoms. The van der Waals surface area contributed by atoms with Crippen molar-refractivity contribution in [2.24, 2.45) is 0 Å². The summed E-state index contributed by atoms with van der Waals surface area (Å²) in [5.41, 5.74) is 4.87. The van der Waals surface area contributed by atoms with Gasteiger partial charge in [0.15, 0.2) is 0 Å². The van der Waals surface area contributed by atoms with Crippen molar-refractivity contribution in [3.8, 4) is 10.4 Å². The lowest BCUT2D eigenvalue weighted by atomic mass is 10.1. The number of hydrogen-bond acceptors (Lipinski definition) is 7. The van der Waals surface area contributed by atoms with E-state index in [2.05, 4.69) is 15.6 Å². The van der Waals surface area contributed by atoms with Gasteiger partial charge in [0.1, 0.15) is 12.1 Å². The summed E-state index contributed by atoms with van der Waals surface area (Å²) < 4.78 is 10.3. The summed E-state index contributed by atoms with van der Waals surface area (Å²) in [5, 5.41) is 5.62. The summed E-state index contributed by atoms with van der Waals surface area (Å²) in [6.45, 7) is 4.52. The first kappa shape index (κ1) is 25.8. The predicted molar refractivity (Wildman–Crippen MR) is 129 cm³/mol. The van der Waals surface area contributed by atoms with Gasteiger partial charge in [0.25, 0.3) is 0 Å². The molecule has 10 heteroatoms. The SMILES string of the molecule is COCCC(=O)N[C@H](C)C(=O)N1C[C@H](OC)C[C@H]1C(=O)NCc1ccc(-c2scnc2C)cc1. The van der Waals surface area contributed by atoms with Crippen LogP contribution in [0.25, 0.3) is 10.4 Å². The highest BCUT2D eigenvalue weighted by atomic mass is 32.1. The van der Waals surface area contributed by atoms with Crippen molar-refractivity contribution in [3.63, 3.8) is 0 Å². The number of nitrogens with zero attached hydrogens (tertiary/aromatic N) is 2. The third kappa shape index (κ3) is 6.40. The summed E-state index contributed by atoms with van der Waals surface area (Å²) >= 11 is 1.60. The van der Waals surface area contributed by atoms with Crippen LogP contribution in [-0.4, -0.2) is 73.2 Å². The number of aryl methyl sites for hydroxylation is 1. The highest BCUT2D eigenvalue weighted by Gasteiger charge is 2.41. The molecule has 1 aliphatic heterocycles. The minimum Gasteiger partial charge on any atom is -0.384 e. The first-order chi connectivity index (χ1) is 16.3. The number of carbonyl (C=O) groups excluding carboxylic acids is 3. The second-order valence-corrected chi connectivity index (χ2v) is 9.17. The molecule has 1 aliphatic rings. The minimum atomic E-state index is -0.752. The Balaban J connectivity index is 1.59. The third-order valence-corrected chi connectivity index (χ3v) is 6.87. The molecule has 3 atom stereocenters. The maximum Gasteiger partial charge on any atom is 0.245 e. The number of hydrogen-bond donors (Lipinski definition) is 2. The summed E-state index contributed by atoms with van der Waals surface area (Å²) in [4.78, 5) is 44.9. The predicted octanol–water partition coefficient (Wildman–Crippen LogP) is 1.89. The zero-order valence-electron chi connectivity index (χ0n) is 20.0. The number of ether oxygens (including phenoxy) is 2. The number of rotatable bonds is 10. The second-order valence-electron chi connectivity index (χ2n) is 8.31. The number of aromatic nitrogens is 1. The highest BCUT2D eigenvalue weighted by Crippen LogP contribution is 2.27. The molecule has 0 unspecified atom stereocenters. The van der Waals surface area contributed by atoms with E-state index in [1.165, 1.54) is 12.0 Å². The van der Waals surface area contributed by atoms with Gasteiger partial charge in [-0.1, -0.05) is 24.3 Å². The van der Waals surface area contributed by atoms with Crippen molar-refractivity contribution in [1.82, 2.24) is 20.5 Å². The van der Waals surface area contributed by atoms with Gasteiger partial charge in [-0.25, -0.2) is 4.98 Å². The lowest BCUT2D eigenvalue weighted by Gasteiger charge is -2.27. The molecule has 2 aromatic rings. The number of likely N-dealkylation sites (tertiary alicyclic amines) is 1. The largest absolute Gasteiger partial charge is 0.384 e. The zero-order chi connectivity index (χ0) is 24.7. The molecule has 2 heterocycles. The topological polar surface area (TPSA) is 110 Å². The van der Waals surface area contributed by atoms with Gasteiger partial charge >= 0.3 is 0 Å². The molecule has 184 valence electrons. The van der Waals surface area contributed by atoms with Gasteiger partial charge in [0, 0.05) is 40.2 Å². The molecule has 3 amide bonds. The fourth-order valence-electron chi connectivity index (χ4n) is 3.94. The van der Waals surface area contributed by atoms with Crippen molar-refractivity contribution in [3.05, 3.63) is 41.0 Å². The van der Waals surface area contributed by atoms with Crippen LogP contribution in [0.3, 0.4) is 0 Å². The van der Waals surface area contributed by atoms with Crippen LogP contribution < -0.4 is 10.6 Å². The normalized spacial score (nSPS) is 18.5. The molecule has 1 aromatic carbocycles. The van der Waals surface area contributed by atoms with E-state index in [1.54, 1.807) is 25.4 Å². The van der Waals surface area contributed by atoms with Crippen molar-refractivity contribution in [1.29, 1.82) is 0 Å². The Bertz CT molecular complexity index is 994. The average molecular weight is 489 g/mol. The van der Waals surface area contributed by atoms with Crippen LogP contribution >= 0.6 is 11.3 Å². The summed E-state index contributed by atoms with van der Waals surface area (Å²) in [6, 6.07) is 6.57. The first-order valence-corrected chi connectivity index (χ1v) is 12.1. The molecule has 0 bridgehead atoms. The van der Waals surface area contributed by atoms with Gasteiger partial charge in [0.2, 0.25) is 17.7 Å². The van der Waals surface area contributed by atoms with Gasteiger partial charge in [-0.2, -0.15) is 0 Å². The number of amides is 3. The summed E-state index contributed by atoms with van der Waals surface area (Å²) in [7, 11) is 3.08. The molecule has 1 saturated heterocycles. The van der Waals surface area contributed by atoms with E-state index in [-0.39, 0.29) is 36.9 Å². The smallest absolute Gasteiger partial charge is 0.245 e. The lowest BCUT2D eigenvalue weighted by molar-refractivity contribution is -0.141. The maximum absolute atomic E-state index is 13.0. The summed E-state index contributed by atoms with van der Waals surface area (Å²) in [5.74, 6) is -0.828. The Hall–Kier alpha value is -2.82. The molecule has 0 radical (unpaired) electrons. The Morgan fingerprint density at radius 2 is 1.97 bits per heavy atom. The molecule has 34 heavy (non-hydrogen) atoms. The van der Waals surface area contributed by atoms with Crippen LogP contribution in [0.5, 0.6) is 0 Å². The lowest BCUT2D eigenvalue weighted by Crippen LogP contribution is -2.52. The second kappa shape index (κ2) is 12.0. The molecular formula is C24H32N4O5S. The molecule has 0 saturated carbocycles. The van der Waals surface area contributed by atoms with E-state index in [0.717, 1.165) is 21.7 Å². The van der Waals surface area contributed by atoms with E-state index in [0.29, 0.717) is 19.5 Å². The Morgan fingerprint density at radius 3 is 2.59 bits per heavy atom. The van der Waals surface area contributed by atoms with Crippen LogP contribution in [0.15, 0.2) is 29.8 Å². The van der Waals surface area contributed by atoms with Crippen molar-refractivity contribution in [2.45, 2.75) is 51.4 Å². The number of thiazole rings is 1. The first-order valence-electron chi connectivity index (χ1n) is 11.2. The molecule has 1 aromatic heterocycles. The van der Waals surface area contributed by atoms with Crippen LogP contribution in [0, 0.1) is 6.92 Å². The van der Waals surface area contributed by atoms with Crippen LogP contribution in [0.1, 0.15) is 31.0 Å². The third-order valence-electron chi connectivity index (χ3n) is 5.89. The molecule has 3 rings (SSSR count). The van der Waals surface area contributed by atoms with Gasteiger partial charge in [-0.15, -0.1) is 11.3 Å².